The van der Waals surface area contributed by atoms with Crippen LogP contribution in [-0.4, -0.2) is 10.9 Å². The molecule has 5 heteroatoms. The lowest BCUT2D eigenvalue weighted by Crippen LogP contribution is -2.12. The lowest BCUT2D eigenvalue weighted by molar-refractivity contribution is 0.787. The van der Waals surface area contributed by atoms with E-state index >= 15 is 0 Å². The number of thiophene rings is 1. The van der Waals surface area contributed by atoms with Crippen LogP contribution in [0.25, 0.3) is 0 Å². The minimum Gasteiger partial charge on any atom is -0.253 e. The first kappa shape index (κ1) is 14.9. The molecule has 0 spiro atoms. The first-order valence-electron chi connectivity index (χ1n) is 7.04. The predicted molar refractivity (Wildman–Crippen MR) is 94.8 cm³/mol. The minimum atomic E-state index is 0.675. The monoisotopic (exact) mass is 327 g/mol. The first-order chi connectivity index (χ1) is 10.7. The van der Waals surface area contributed by atoms with Crippen LogP contribution in [0, 0.1) is 13.8 Å². The van der Waals surface area contributed by atoms with Crippen molar-refractivity contribution in [2.75, 3.05) is 0 Å². The normalized spacial score (nSPS) is 12.4. The molecule has 3 rings (SSSR count). The maximum absolute atomic E-state index is 4.69. The van der Waals surface area contributed by atoms with Crippen molar-refractivity contribution < 1.29 is 0 Å². The zero-order valence-electron chi connectivity index (χ0n) is 12.6. The van der Waals surface area contributed by atoms with Gasteiger partial charge in [-0.25, -0.2) is 4.68 Å². The average Bonchev–Trinajstić information content (AvgIpc) is 3.10. The Morgan fingerprint density at radius 1 is 1.09 bits per heavy atom. The summed E-state index contributed by atoms with van der Waals surface area (Å²) in [4.78, 5) is 6.80. The minimum absolute atomic E-state index is 0.675. The van der Waals surface area contributed by atoms with Gasteiger partial charge in [-0.05, 0) is 36.4 Å². The number of thiazole rings is 1. The van der Waals surface area contributed by atoms with Gasteiger partial charge in [0.15, 0.2) is 0 Å². The summed E-state index contributed by atoms with van der Waals surface area (Å²) in [6, 6.07) is 12.4. The van der Waals surface area contributed by atoms with E-state index in [4.69, 9.17) is 4.99 Å². The van der Waals surface area contributed by atoms with Crippen LogP contribution in [0.1, 0.15) is 21.7 Å². The highest BCUT2D eigenvalue weighted by Crippen LogP contribution is 2.13. The molecule has 0 fully saturated rings. The molecular formula is C17H17N3S2. The molecule has 0 aliphatic heterocycles. The molecule has 112 valence electrons. The van der Waals surface area contributed by atoms with E-state index in [9.17, 15) is 0 Å². The summed E-state index contributed by atoms with van der Waals surface area (Å²) < 4.78 is 1.91. The average molecular weight is 327 g/mol. The van der Waals surface area contributed by atoms with E-state index in [0.717, 1.165) is 10.5 Å². The number of rotatable bonds is 4. The molecule has 22 heavy (non-hydrogen) atoms. The van der Waals surface area contributed by atoms with Crippen LogP contribution >= 0.6 is 22.7 Å². The summed E-state index contributed by atoms with van der Waals surface area (Å²) in [7, 11) is 0. The molecule has 3 aromatic rings. The molecule has 0 bridgehead atoms. The first-order valence-corrected chi connectivity index (χ1v) is 8.80. The molecule has 0 radical (unpaired) electrons. The molecule has 0 unspecified atom stereocenters. The predicted octanol–water partition coefficient (Wildman–Crippen LogP) is 4.21. The van der Waals surface area contributed by atoms with E-state index < -0.39 is 0 Å². The number of aromatic nitrogens is 1. The lowest BCUT2D eigenvalue weighted by Gasteiger charge is -1.98. The standard InChI is InChI=1S/C17H17N3S2/c1-13-8-9-21-16(13)11-19-20-14(2)12-22-17(20)18-10-15-6-4-3-5-7-15/h3-9,11-12H,10H2,1-2H3. The molecule has 0 amide bonds. The van der Waals surface area contributed by atoms with Crippen LogP contribution in [0.3, 0.4) is 0 Å². The third-order valence-corrected chi connectivity index (χ3v) is 5.21. The van der Waals surface area contributed by atoms with Gasteiger partial charge in [-0.3, -0.25) is 4.99 Å². The topological polar surface area (TPSA) is 29.6 Å². The van der Waals surface area contributed by atoms with Crippen LogP contribution in [-0.2, 0) is 6.54 Å². The van der Waals surface area contributed by atoms with Crippen molar-refractivity contribution in [2.24, 2.45) is 10.1 Å². The summed E-state index contributed by atoms with van der Waals surface area (Å²) in [5, 5.41) is 8.77. The number of nitrogens with zero attached hydrogens (tertiary/aromatic N) is 3. The number of aryl methyl sites for hydroxylation is 2. The van der Waals surface area contributed by atoms with Gasteiger partial charge >= 0.3 is 0 Å². The molecule has 1 aromatic carbocycles. The summed E-state index contributed by atoms with van der Waals surface area (Å²) in [5.74, 6) is 0. The van der Waals surface area contributed by atoms with Crippen LogP contribution in [0.15, 0.2) is 57.3 Å². The van der Waals surface area contributed by atoms with E-state index in [-0.39, 0.29) is 0 Å². The van der Waals surface area contributed by atoms with E-state index in [0.29, 0.717) is 6.54 Å². The fourth-order valence-electron chi connectivity index (χ4n) is 2.00. The van der Waals surface area contributed by atoms with Gasteiger partial charge in [-0.15, -0.1) is 22.7 Å². The third-order valence-electron chi connectivity index (χ3n) is 3.28. The summed E-state index contributed by atoms with van der Waals surface area (Å²) in [6.07, 6.45) is 1.92. The van der Waals surface area contributed by atoms with Gasteiger partial charge in [0, 0.05) is 5.38 Å². The Hall–Kier alpha value is -1.98. The zero-order valence-corrected chi connectivity index (χ0v) is 14.2. The molecule has 2 heterocycles. The van der Waals surface area contributed by atoms with Crippen molar-refractivity contribution in [2.45, 2.75) is 20.4 Å². The van der Waals surface area contributed by atoms with Crippen molar-refractivity contribution in [3.05, 3.63) is 73.7 Å². The molecule has 0 saturated carbocycles. The van der Waals surface area contributed by atoms with Crippen LogP contribution < -0.4 is 4.80 Å². The van der Waals surface area contributed by atoms with E-state index in [1.807, 2.05) is 29.1 Å². The molecule has 0 atom stereocenters. The van der Waals surface area contributed by atoms with Crippen molar-refractivity contribution in [1.29, 1.82) is 0 Å². The number of hydrogen-bond acceptors (Lipinski definition) is 4. The molecular weight excluding hydrogens is 310 g/mol. The van der Waals surface area contributed by atoms with Gasteiger partial charge in [0.2, 0.25) is 4.80 Å². The Morgan fingerprint density at radius 3 is 2.64 bits per heavy atom. The molecule has 3 nitrogen and oxygen atoms in total. The maximum Gasteiger partial charge on any atom is 0.206 e. The van der Waals surface area contributed by atoms with Gasteiger partial charge in [-0.2, -0.15) is 5.10 Å². The van der Waals surface area contributed by atoms with Gasteiger partial charge < -0.3 is 0 Å². The molecule has 0 aliphatic rings. The summed E-state index contributed by atoms with van der Waals surface area (Å²) >= 11 is 3.33. The highest BCUT2D eigenvalue weighted by Gasteiger charge is 2.00. The van der Waals surface area contributed by atoms with Gasteiger partial charge in [-0.1, -0.05) is 30.3 Å². The molecule has 0 N–H and O–H groups in total. The van der Waals surface area contributed by atoms with E-state index in [2.05, 4.69) is 47.9 Å². The molecule has 2 aromatic heterocycles. The second-order valence-corrected chi connectivity index (χ2v) is 6.77. The van der Waals surface area contributed by atoms with Gasteiger partial charge in [0.05, 0.1) is 23.3 Å². The number of benzene rings is 1. The molecule has 0 aliphatic carbocycles. The van der Waals surface area contributed by atoms with Gasteiger partial charge in [0.1, 0.15) is 0 Å². The highest BCUT2D eigenvalue weighted by atomic mass is 32.1. The molecule has 0 saturated heterocycles. The van der Waals surface area contributed by atoms with Crippen LogP contribution in [0.5, 0.6) is 0 Å². The lowest BCUT2D eigenvalue weighted by atomic mass is 10.2. The quantitative estimate of drug-likeness (QED) is 0.643. The van der Waals surface area contributed by atoms with E-state index in [1.165, 1.54) is 16.0 Å². The SMILES string of the molecule is Cc1ccsc1C=Nn1c(C)csc1=NCc1ccccc1. The third kappa shape index (κ3) is 3.43. The summed E-state index contributed by atoms with van der Waals surface area (Å²) in [5.41, 5.74) is 3.56. The largest absolute Gasteiger partial charge is 0.253 e. The Bertz CT molecular complexity index is 838. The Morgan fingerprint density at radius 2 is 1.91 bits per heavy atom. The smallest absolute Gasteiger partial charge is 0.206 e. The van der Waals surface area contributed by atoms with Crippen LogP contribution in [0.4, 0.5) is 0 Å². The van der Waals surface area contributed by atoms with Crippen molar-refractivity contribution in [3.8, 4) is 0 Å². The Balaban J connectivity index is 1.88. The number of hydrogen-bond donors (Lipinski definition) is 0. The fourth-order valence-corrected chi connectivity index (χ4v) is 3.59. The van der Waals surface area contributed by atoms with Crippen molar-refractivity contribution in [1.82, 2.24) is 4.68 Å². The van der Waals surface area contributed by atoms with Crippen molar-refractivity contribution >= 4 is 28.9 Å². The van der Waals surface area contributed by atoms with E-state index in [1.54, 1.807) is 22.7 Å². The fraction of sp³-hybridized carbons (Fsp3) is 0.176. The Labute approximate surface area is 137 Å². The highest BCUT2D eigenvalue weighted by molar-refractivity contribution is 7.11. The maximum atomic E-state index is 4.69. The second kappa shape index (κ2) is 6.85. The second-order valence-electron chi connectivity index (χ2n) is 4.99. The Kier molecular flexibility index (Phi) is 4.65. The summed E-state index contributed by atoms with van der Waals surface area (Å²) in [6.45, 7) is 4.83. The van der Waals surface area contributed by atoms with Crippen LogP contribution in [0.2, 0.25) is 0 Å². The van der Waals surface area contributed by atoms with Crippen molar-refractivity contribution in [3.63, 3.8) is 0 Å². The zero-order chi connectivity index (χ0) is 15.4. The van der Waals surface area contributed by atoms with Gasteiger partial charge in [0.25, 0.3) is 0 Å².